The van der Waals surface area contributed by atoms with Crippen molar-refractivity contribution in [1.82, 2.24) is 9.55 Å². The molecule has 140 valence electrons. The minimum absolute atomic E-state index is 0.0674. The molecule has 0 radical (unpaired) electrons. The molecule has 4 nitrogen and oxygen atoms in total. The van der Waals surface area contributed by atoms with Crippen molar-refractivity contribution in [3.63, 3.8) is 0 Å². The van der Waals surface area contributed by atoms with Crippen LogP contribution < -0.4 is 0 Å². The van der Waals surface area contributed by atoms with Crippen LogP contribution in [0.5, 0.6) is 0 Å². The molecular formula is C25H20N4. The number of hydrogen-bond acceptors (Lipinski definition) is 3. The summed E-state index contributed by atoms with van der Waals surface area (Å²) in [5.74, 6) is 0.226. The smallest absolute Gasteiger partial charge is 0.140 e. The van der Waals surface area contributed by atoms with E-state index in [4.69, 9.17) is 5.26 Å². The second kappa shape index (κ2) is 7.08. The van der Waals surface area contributed by atoms with Crippen LogP contribution in [0.3, 0.4) is 0 Å². The Bertz CT molecular complexity index is 1210. The Hall–Kier alpha value is -3.63. The molecule has 2 heterocycles. The Balaban J connectivity index is 1.68. The van der Waals surface area contributed by atoms with Crippen LogP contribution in [0.25, 0.3) is 17.0 Å². The Morgan fingerprint density at radius 3 is 2.76 bits per heavy atom. The van der Waals surface area contributed by atoms with E-state index >= 15 is 0 Å². The van der Waals surface area contributed by atoms with Crippen LogP contribution in [-0.4, -0.2) is 9.55 Å². The Morgan fingerprint density at radius 1 is 1.07 bits per heavy atom. The van der Waals surface area contributed by atoms with E-state index in [9.17, 15) is 5.26 Å². The van der Waals surface area contributed by atoms with Gasteiger partial charge in [-0.2, -0.15) is 10.5 Å². The van der Waals surface area contributed by atoms with Gasteiger partial charge in [-0.3, -0.25) is 0 Å². The van der Waals surface area contributed by atoms with E-state index in [0.717, 1.165) is 19.3 Å². The topological polar surface area (TPSA) is 65.4 Å². The van der Waals surface area contributed by atoms with Crippen molar-refractivity contribution < 1.29 is 0 Å². The molecule has 0 aliphatic heterocycles. The molecule has 0 saturated heterocycles. The van der Waals surface area contributed by atoms with Crippen LogP contribution in [-0.2, 0) is 6.42 Å². The lowest BCUT2D eigenvalue weighted by Gasteiger charge is -2.31. The molecule has 5 rings (SSSR count). The van der Waals surface area contributed by atoms with Gasteiger partial charge in [0.2, 0.25) is 0 Å². The lowest BCUT2D eigenvalue weighted by atomic mass is 9.84. The molecule has 2 aromatic heterocycles. The molecule has 3 atom stereocenters. The van der Waals surface area contributed by atoms with E-state index in [0.29, 0.717) is 11.6 Å². The standard InChI is InChI=1S/C25H20N4/c26-14-17-9-12-25-22(13-17)21-6-2-4-8-24(21)29(25)23-7-3-1-5-20(23)18-10-11-19(15-27)28-16-18/h2-4,6-12,16-17,20,23H,1,5,13H2. The highest BCUT2D eigenvalue weighted by Crippen LogP contribution is 2.43. The van der Waals surface area contributed by atoms with Crippen molar-refractivity contribution in [3.8, 4) is 12.1 Å². The molecule has 0 spiro atoms. The first-order valence-corrected chi connectivity index (χ1v) is 10.0. The first-order chi connectivity index (χ1) is 14.3. The summed E-state index contributed by atoms with van der Waals surface area (Å²) in [7, 11) is 0. The molecule has 3 unspecified atom stereocenters. The maximum absolute atomic E-state index is 9.43. The number of rotatable bonds is 2. The monoisotopic (exact) mass is 376 g/mol. The summed E-state index contributed by atoms with van der Waals surface area (Å²) in [6.07, 6.45) is 13.4. The van der Waals surface area contributed by atoms with Crippen molar-refractivity contribution in [2.75, 3.05) is 0 Å². The Kier molecular flexibility index (Phi) is 4.26. The van der Waals surface area contributed by atoms with Crippen molar-refractivity contribution >= 4 is 17.0 Å². The summed E-state index contributed by atoms with van der Waals surface area (Å²) in [6, 6.07) is 17.0. The highest BCUT2D eigenvalue weighted by Gasteiger charge is 2.30. The van der Waals surface area contributed by atoms with E-state index in [2.05, 4.69) is 64.2 Å². The molecule has 1 aromatic carbocycles. The average molecular weight is 376 g/mol. The van der Waals surface area contributed by atoms with E-state index in [1.807, 2.05) is 24.4 Å². The van der Waals surface area contributed by atoms with Gasteiger partial charge in [-0.05, 0) is 48.6 Å². The first kappa shape index (κ1) is 17.5. The fourth-order valence-corrected chi connectivity index (χ4v) is 4.79. The van der Waals surface area contributed by atoms with Gasteiger partial charge in [-0.1, -0.05) is 42.5 Å². The highest BCUT2D eigenvalue weighted by molar-refractivity contribution is 5.89. The molecule has 2 aliphatic rings. The number of aromatic nitrogens is 2. The lowest BCUT2D eigenvalue weighted by molar-refractivity contribution is 0.452. The fourth-order valence-electron chi connectivity index (χ4n) is 4.79. The molecule has 2 aliphatic carbocycles. The van der Waals surface area contributed by atoms with Crippen LogP contribution in [0.1, 0.15) is 47.3 Å². The van der Waals surface area contributed by atoms with Crippen LogP contribution in [0.4, 0.5) is 0 Å². The predicted octanol–water partition coefficient (Wildman–Crippen LogP) is 5.29. The van der Waals surface area contributed by atoms with Gasteiger partial charge in [0.25, 0.3) is 0 Å². The molecule has 0 amide bonds. The zero-order valence-corrected chi connectivity index (χ0v) is 16.0. The molecule has 29 heavy (non-hydrogen) atoms. The number of para-hydroxylation sites is 1. The van der Waals surface area contributed by atoms with Gasteiger partial charge in [0.15, 0.2) is 0 Å². The Labute approximate surface area is 170 Å². The zero-order valence-electron chi connectivity index (χ0n) is 16.0. The molecule has 0 bridgehead atoms. The summed E-state index contributed by atoms with van der Waals surface area (Å²) in [5, 5.41) is 19.7. The second-order valence-corrected chi connectivity index (χ2v) is 7.74. The number of allylic oxidation sites excluding steroid dienone is 3. The van der Waals surface area contributed by atoms with E-state index in [1.165, 1.54) is 27.7 Å². The molecular weight excluding hydrogens is 356 g/mol. The number of benzene rings is 1. The average Bonchev–Trinajstić information content (AvgIpc) is 3.12. The second-order valence-electron chi connectivity index (χ2n) is 7.74. The molecule has 0 N–H and O–H groups in total. The van der Waals surface area contributed by atoms with Gasteiger partial charge in [0, 0.05) is 28.7 Å². The highest BCUT2D eigenvalue weighted by atomic mass is 15.0. The van der Waals surface area contributed by atoms with E-state index in [1.54, 1.807) is 0 Å². The zero-order chi connectivity index (χ0) is 19.8. The quantitative estimate of drug-likeness (QED) is 0.571. The predicted molar refractivity (Wildman–Crippen MR) is 113 cm³/mol. The number of nitrogens with zero attached hydrogens (tertiary/aromatic N) is 4. The summed E-state index contributed by atoms with van der Waals surface area (Å²) in [6.45, 7) is 0. The minimum Gasteiger partial charge on any atom is -0.333 e. The molecule has 0 fully saturated rings. The van der Waals surface area contributed by atoms with Gasteiger partial charge in [0.05, 0.1) is 18.0 Å². The third-order valence-electron chi connectivity index (χ3n) is 6.15. The van der Waals surface area contributed by atoms with E-state index in [-0.39, 0.29) is 12.0 Å². The number of fused-ring (bicyclic) bond motifs is 3. The first-order valence-electron chi connectivity index (χ1n) is 10.0. The van der Waals surface area contributed by atoms with Crippen molar-refractivity contribution in [2.24, 2.45) is 5.92 Å². The summed E-state index contributed by atoms with van der Waals surface area (Å²) in [4.78, 5) is 4.31. The van der Waals surface area contributed by atoms with Gasteiger partial charge in [-0.15, -0.1) is 0 Å². The largest absolute Gasteiger partial charge is 0.333 e. The number of hydrogen-bond donors (Lipinski definition) is 0. The molecule has 4 heteroatoms. The van der Waals surface area contributed by atoms with Gasteiger partial charge >= 0.3 is 0 Å². The molecule has 0 saturated carbocycles. The SMILES string of the molecule is N#Cc1ccc(C2CCC=CC2n2c3c(c4ccccc42)CC(C#N)C=C3)cn1. The van der Waals surface area contributed by atoms with Gasteiger partial charge in [-0.25, -0.2) is 4.98 Å². The number of pyridine rings is 1. The summed E-state index contributed by atoms with van der Waals surface area (Å²) >= 11 is 0. The van der Waals surface area contributed by atoms with Crippen LogP contribution in [0, 0.1) is 28.6 Å². The normalized spacial score (nSPS) is 22.8. The van der Waals surface area contributed by atoms with Crippen LogP contribution in [0.2, 0.25) is 0 Å². The van der Waals surface area contributed by atoms with Gasteiger partial charge in [0.1, 0.15) is 11.8 Å². The van der Waals surface area contributed by atoms with Gasteiger partial charge < -0.3 is 4.57 Å². The summed E-state index contributed by atoms with van der Waals surface area (Å²) < 4.78 is 2.44. The fraction of sp³-hybridized carbons (Fsp3) is 0.240. The Morgan fingerprint density at radius 2 is 1.97 bits per heavy atom. The maximum Gasteiger partial charge on any atom is 0.140 e. The van der Waals surface area contributed by atoms with Crippen LogP contribution in [0.15, 0.2) is 60.8 Å². The maximum atomic E-state index is 9.43. The van der Waals surface area contributed by atoms with E-state index < -0.39 is 0 Å². The molecule has 3 aromatic rings. The third-order valence-corrected chi connectivity index (χ3v) is 6.15. The van der Waals surface area contributed by atoms with Crippen molar-refractivity contribution in [3.05, 3.63) is 83.3 Å². The lowest BCUT2D eigenvalue weighted by Crippen LogP contribution is -2.20. The third kappa shape index (κ3) is 2.85. The number of nitriles is 2. The van der Waals surface area contributed by atoms with Crippen LogP contribution >= 0.6 is 0 Å². The minimum atomic E-state index is -0.0674. The summed E-state index contributed by atoms with van der Waals surface area (Å²) in [5.41, 5.74) is 5.31. The van der Waals surface area contributed by atoms with Crippen molar-refractivity contribution in [2.45, 2.75) is 31.2 Å². The van der Waals surface area contributed by atoms with Crippen molar-refractivity contribution in [1.29, 1.82) is 10.5 Å².